The van der Waals surface area contributed by atoms with E-state index in [1.807, 2.05) is 38.1 Å². The number of benzene rings is 1. The van der Waals surface area contributed by atoms with E-state index in [-0.39, 0.29) is 0 Å². The van der Waals surface area contributed by atoms with Crippen LogP contribution in [0.1, 0.15) is 19.4 Å². The molecular weight excluding hydrogens is 254 g/mol. The fraction of sp³-hybridized carbons (Fsp3) is 0.250. The molecule has 0 saturated carbocycles. The van der Waals surface area contributed by atoms with Gasteiger partial charge in [0.2, 0.25) is 5.17 Å². The minimum absolute atomic E-state index is 0.719. The molecule has 0 atom stereocenters. The number of rotatable bonds is 2. The molecule has 0 saturated heterocycles. The molecule has 0 amide bonds. The van der Waals surface area contributed by atoms with Crippen molar-refractivity contribution in [3.05, 3.63) is 34.9 Å². The quantitative estimate of drug-likeness (QED) is 0.594. The van der Waals surface area contributed by atoms with Gasteiger partial charge in [-0.3, -0.25) is 0 Å². The van der Waals surface area contributed by atoms with Crippen LogP contribution in [0.5, 0.6) is 0 Å². The summed E-state index contributed by atoms with van der Waals surface area (Å²) in [5.41, 5.74) is 3.03. The maximum Gasteiger partial charge on any atom is 0.209 e. The Morgan fingerprint density at radius 2 is 2.00 bits per heavy atom. The van der Waals surface area contributed by atoms with Crippen LogP contribution in [-0.2, 0) is 0 Å². The van der Waals surface area contributed by atoms with E-state index >= 15 is 0 Å². The third-order valence-electron chi connectivity index (χ3n) is 2.08. The molecule has 1 aliphatic rings. The Morgan fingerprint density at radius 3 is 2.65 bits per heavy atom. The zero-order valence-corrected chi connectivity index (χ0v) is 11.2. The molecule has 17 heavy (non-hydrogen) atoms. The van der Waals surface area contributed by atoms with Gasteiger partial charge in [0.25, 0.3) is 0 Å². The zero-order chi connectivity index (χ0) is 12.3. The van der Waals surface area contributed by atoms with Crippen molar-refractivity contribution in [2.75, 3.05) is 5.75 Å². The van der Waals surface area contributed by atoms with Gasteiger partial charge in [0.15, 0.2) is 0 Å². The summed E-state index contributed by atoms with van der Waals surface area (Å²) in [6.45, 7) is 3.82. The van der Waals surface area contributed by atoms with Crippen LogP contribution in [0.4, 0.5) is 0 Å². The highest BCUT2D eigenvalue weighted by molar-refractivity contribution is 8.15. The minimum Gasteiger partial charge on any atom is -0.225 e. The first-order valence-corrected chi connectivity index (χ1v) is 6.56. The SMILES string of the molecule is CC(C)=N/N=C1\N=C(c2ccc(Cl)cc2)CS1. The number of halogens is 1. The third kappa shape index (κ3) is 3.41. The van der Waals surface area contributed by atoms with Crippen LogP contribution in [0.15, 0.2) is 39.5 Å². The van der Waals surface area contributed by atoms with E-state index in [1.54, 1.807) is 11.8 Å². The smallest absolute Gasteiger partial charge is 0.209 e. The fourth-order valence-electron chi connectivity index (χ4n) is 1.30. The summed E-state index contributed by atoms with van der Waals surface area (Å²) in [6.07, 6.45) is 0. The monoisotopic (exact) mass is 265 g/mol. The maximum atomic E-state index is 5.85. The van der Waals surface area contributed by atoms with Gasteiger partial charge in [-0.25, -0.2) is 4.99 Å². The lowest BCUT2D eigenvalue weighted by Gasteiger charge is -1.97. The van der Waals surface area contributed by atoms with E-state index < -0.39 is 0 Å². The summed E-state index contributed by atoms with van der Waals surface area (Å²) in [5.74, 6) is 0.832. The van der Waals surface area contributed by atoms with Crippen LogP contribution < -0.4 is 0 Å². The number of hydrogen-bond acceptors (Lipinski definition) is 3. The third-order valence-corrected chi connectivity index (χ3v) is 3.18. The fourth-order valence-corrected chi connectivity index (χ4v) is 2.19. The molecule has 0 unspecified atom stereocenters. The van der Waals surface area contributed by atoms with Crippen molar-refractivity contribution in [3.8, 4) is 0 Å². The van der Waals surface area contributed by atoms with E-state index in [1.165, 1.54) is 0 Å². The van der Waals surface area contributed by atoms with Crippen molar-refractivity contribution < 1.29 is 0 Å². The van der Waals surface area contributed by atoms with Crippen molar-refractivity contribution in [1.29, 1.82) is 0 Å². The molecule has 5 heteroatoms. The molecule has 1 aromatic rings. The first kappa shape index (κ1) is 12.3. The molecule has 1 aromatic carbocycles. The van der Waals surface area contributed by atoms with Gasteiger partial charge >= 0.3 is 0 Å². The summed E-state index contributed by atoms with van der Waals surface area (Å²) in [6, 6.07) is 7.68. The van der Waals surface area contributed by atoms with Gasteiger partial charge < -0.3 is 0 Å². The summed E-state index contributed by atoms with van der Waals surface area (Å²) in [7, 11) is 0. The highest BCUT2D eigenvalue weighted by atomic mass is 35.5. The van der Waals surface area contributed by atoms with Crippen LogP contribution in [0, 0.1) is 0 Å². The molecule has 2 rings (SSSR count). The minimum atomic E-state index is 0.719. The highest BCUT2D eigenvalue weighted by Gasteiger charge is 2.14. The Balaban J connectivity index is 2.19. The predicted molar refractivity (Wildman–Crippen MR) is 76.7 cm³/mol. The van der Waals surface area contributed by atoms with E-state index in [0.29, 0.717) is 0 Å². The van der Waals surface area contributed by atoms with Crippen LogP contribution in [0.3, 0.4) is 0 Å². The van der Waals surface area contributed by atoms with Crippen LogP contribution in [0.25, 0.3) is 0 Å². The summed E-state index contributed by atoms with van der Waals surface area (Å²) < 4.78 is 0. The Labute approximate surface area is 110 Å². The average molecular weight is 266 g/mol. The van der Waals surface area contributed by atoms with E-state index in [2.05, 4.69) is 15.2 Å². The number of hydrogen-bond donors (Lipinski definition) is 0. The summed E-state index contributed by atoms with van der Waals surface area (Å²) >= 11 is 7.44. The first-order chi connectivity index (χ1) is 8.15. The standard InChI is InChI=1S/C12H12ClN3S/c1-8(2)15-16-12-14-11(7-17-12)9-3-5-10(13)6-4-9/h3-6H,7H2,1-2H3/b16-12+. The van der Waals surface area contributed by atoms with Crippen molar-refractivity contribution in [2.24, 2.45) is 15.2 Å². The molecule has 3 nitrogen and oxygen atoms in total. The maximum absolute atomic E-state index is 5.85. The Bertz CT molecular complexity index is 499. The molecule has 0 fully saturated rings. The normalized spacial score (nSPS) is 17.1. The molecule has 0 radical (unpaired) electrons. The molecule has 1 aliphatic heterocycles. The van der Waals surface area contributed by atoms with Gasteiger partial charge in [-0.1, -0.05) is 35.5 Å². The van der Waals surface area contributed by atoms with E-state index in [9.17, 15) is 0 Å². The second-order valence-corrected chi connectivity index (χ2v) is 5.16. The van der Waals surface area contributed by atoms with Gasteiger partial charge in [0.05, 0.1) is 5.71 Å². The average Bonchev–Trinajstić information content (AvgIpc) is 2.76. The van der Waals surface area contributed by atoms with E-state index in [4.69, 9.17) is 11.6 Å². The Hall–Kier alpha value is -1.13. The number of thioether (sulfide) groups is 1. The van der Waals surface area contributed by atoms with Gasteiger partial charge in [-0.2, -0.15) is 5.10 Å². The molecule has 0 N–H and O–H groups in total. The van der Waals surface area contributed by atoms with Crippen molar-refractivity contribution in [1.82, 2.24) is 0 Å². The molecule has 0 bridgehead atoms. The zero-order valence-electron chi connectivity index (χ0n) is 9.64. The highest BCUT2D eigenvalue weighted by Crippen LogP contribution is 2.20. The van der Waals surface area contributed by atoms with Crippen molar-refractivity contribution in [3.63, 3.8) is 0 Å². The number of aliphatic imine (C=N–C) groups is 1. The topological polar surface area (TPSA) is 37.1 Å². The number of amidine groups is 1. The lowest BCUT2D eigenvalue weighted by Crippen LogP contribution is -1.98. The van der Waals surface area contributed by atoms with E-state index in [0.717, 1.165) is 32.9 Å². The van der Waals surface area contributed by atoms with Crippen LogP contribution in [-0.4, -0.2) is 22.3 Å². The summed E-state index contributed by atoms with van der Waals surface area (Å²) in [5, 5.41) is 9.53. The van der Waals surface area contributed by atoms with Gasteiger partial charge in [-0.15, -0.1) is 5.10 Å². The predicted octanol–water partition coefficient (Wildman–Crippen LogP) is 3.63. The van der Waals surface area contributed by atoms with Gasteiger partial charge in [0, 0.05) is 16.5 Å². The molecule has 0 aromatic heterocycles. The molecule has 0 aliphatic carbocycles. The second-order valence-electron chi connectivity index (χ2n) is 3.78. The first-order valence-electron chi connectivity index (χ1n) is 5.20. The van der Waals surface area contributed by atoms with Gasteiger partial charge in [-0.05, 0) is 31.5 Å². The van der Waals surface area contributed by atoms with Crippen molar-refractivity contribution in [2.45, 2.75) is 13.8 Å². The molecule has 0 spiro atoms. The lowest BCUT2D eigenvalue weighted by molar-refractivity contribution is 1.22. The Morgan fingerprint density at radius 1 is 1.29 bits per heavy atom. The van der Waals surface area contributed by atoms with Crippen LogP contribution >= 0.6 is 23.4 Å². The Kier molecular flexibility index (Phi) is 3.97. The van der Waals surface area contributed by atoms with Gasteiger partial charge in [0.1, 0.15) is 0 Å². The molecular formula is C12H12ClN3S. The second kappa shape index (κ2) is 5.47. The lowest BCUT2D eigenvalue weighted by atomic mass is 10.1. The molecule has 88 valence electrons. The number of nitrogens with zero attached hydrogens (tertiary/aromatic N) is 3. The molecule has 1 heterocycles. The largest absolute Gasteiger partial charge is 0.225 e. The summed E-state index contributed by atoms with van der Waals surface area (Å²) in [4.78, 5) is 4.44. The van der Waals surface area contributed by atoms with Crippen molar-refractivity contribution >= 4 is 40.0 Å². The van der Waals surface area contributed by atoms with Crippen LogP contribution in [0.2, 0.25) is 5.02 Å².